The molecule has 7 heteroatoms. The molecular formula is C16H17BrN2O3S. The fourth-order valence-corrected chi connectivity index (χ4v) is 3.72. The van der Waals surface area contributed by atoms with Gasteiger partial charge in [-0.25, -0.2) is 13.1 Å². The number of benzene rings is 2. The van der Waals surface area contributed by atoms with E-state index in [9.17, 15) is 13.2 Å². The van der Waals surface area contributed by atoms with E-state index in [0.717, 1.165) is 10.0 Å². The van der Waals surface area contributed by atoms with Gasteiger partial charge in [0.2, 0.25) is 15.9 Å². The standard InChI is InChI=1S/C16H17BrN2O3S/c1-11-6-7-12(2)15(8-11)23(21,22)18-10-16(20)19-14-5-3-4-13(17)9-14/h3-9,18H,10H2,1-2H3,(H,19,20). The molecular weight excluding hydrogens is 380 g/mol. The number of aryl methyl sites for hydroxylation is 2. The van der Waals surface area contributed by atoms with Gasteiger partial charge in [-0.3, -0.25) is 4.79 Å². The zero-order valence-electron chi connectivity index (χ0n) is 12.8. The van der Waals surface area contributed by atoms with Crippen molar-refractivity contribution in [3.8, 4) is 0 Å². The average Bonchev–Trinajstić information content (AvgIpc) is 2.48. The van der Waals surface area contributed by atoms with E-state index < -0.39 is 15.9 Å². The Labute approximate surface area is 144 Å². The van der Waals surface area contributed by atoms with Gasteiger partial charge in [-0.15, -0.1) is 0 Å². The number of hydrogen-bond donors (Lipinski definition) is 2. The zero-order chi connectivity index (χ0) is 17.0. The first-order valence-electron chi connectivity index (χ1n) is 6.90. The van der Waals surface area contributed by atoms with Gasteiger partial charge in [0, 0.05) is 10.2 Å². The second-order valence-electron chi connectivity index (χ2n) is 5.15. The van der Waals surface area contributed by atoms with Crippen molar-refractivity contribution in [3.05, 3.63) is 58.1 Å². The van der Waals surface area contributed by atoms with Gasteiger partial charge in [0.05, 0.1) is 11.4 Å². The molecule has 2 aromatic carbocycles. The van der Waals surface area contributed by atoms with E-state index >= 15 is 0 Å². The Morgan fingerprint density at radius 2 is 1.87 bits per heavy atom. The number of nitrogens with one attached hydrogen (secondary N) is 2. The smallest absolute Gasteiger partial charge is 0.241 e. The first kappa shape index (κ1) is 17.7. The van der Waals surface area contributed by atoms with Crippen molar-refractivity contribution in [1.29, 1.82) is 0 Å². The summed E-state index contributed by atoms with van der Waals surface area (Å²) in [5, 5.41) is 2.64. The molecule has 1 amide bonds. The summed E-state index contributed by atoms with van der Waals surface area (Å²) in [5.41, 5.74) is 2.07. The van der Waals surface area contributed by atoms with Crippen LogP contribution in [-0.2, 0) is 14.8 Å². The highest BCUT2D eigenvalue weighted by Crippen LogP contribution is 2.17. The predicted octanol–water partition coefficient (Wildman–Crippen LogP) is 2.98. The molecule has 0 atom stereocenters. The van der Waals surface area contributed by atoms with E-state index in [-0.39, 0.29) is 11.4 Å². The summed E-state index contributed by atoms with van der Waals surface area (Å²) in [7, 11) is -3.73. The summed E-state index contributed by atoms with van der Waals surface area (Å²) in [6.45, 7) is 3.20. The van der Waals surface area contributed by atoms with Crippen molar-refractivity contribution in [1.82, 2.24) is 4.72 Å². The van der Waals surface area contributed by atoms with E-state index in [1.54, 1.807) is 37.3 Å². The van der Waals surface area contributed by atoms with E-state index in [1.807, 2.05) is 19.1 Å². The van der Waals surface area contributed by atoms with Crippen molar-refractivity contribution in [2.45, 2.75) is 18.7 Å². The Morgan fingerprint density at radius 3 is 2.57 bits per heavy atom. The minimum atomic E-state index is -3.73. The van der Waals surface area contributed by atoms with Crippen molar-refractivity contribution >= 4 is 37.5 Å². The van der Waals surface area contributed by atoms with Crippen LogP contribution >= 0.6 is 15.9 Å². The number of carbonyl (C=O) groups is 1. The SMILES string of the molecule is Cc1ccc(C)c(S(=O)(=O)NCC(=O)Nc2cccc(Br)c2)c1. The highest BCUT2D eigenvalue weighted by atomic mass is 79.9. The zero-order valence-corrected chi connectivity index (χ0v) is 15.2. The molecule has 0 spiro atoms. The molecule has 122 valence electrons. The third kappa shape index (κ3) is 4.89. The average molecular weight is 397 g/mol. The van der Waals surface area contributed by atoms with Gasteiger partial charge in [-0.1, -0.05) is 34.1 Å². The van der Waals surface area contributed by atoms with Crippen LogP contribution in [0.4, 0.5) is 5.69 Å². The second kappa shape index (κ2) is 7.25. The predicted molar refractivity (Wildman–Crippen MR) is 93.9 cm³/mol. The molecule has 2 N–H and O–H groups in total. The fourth-order valence-electron chi connectivity index (χ4n) is 2.01. The first-order chi connectivity index (χ1) is 10.8. The Balaban J connectivity index is 2.04. The van der Waals surface area contributed by atoms with Gasteiger partial charge in [0.25, 0.3) is 0 Å². The quantitative estimate of drug-likeness (QED) is 0.815. The molecule has 23 heavy (non-hydrogen) atoms. The van der Waals surface area contributed by atoms with Crippen LogP contribution in [0.1, 0.15) is 11.1 Å². The molecule has 0 saturated carbocycles. The molecule has 0 aliphatic heterocycles. The maximum absolute atomic E-state index is 12.3. The third-order valence-electron chi connectivity index (χ3n) is 3.16. The van der Waals surface area contributed by atoms with Crippen LogP contribution in [0.5, 0.6) is 0 Å². The molecule has 0 heterocycles. The molecule has 5 nitrogen and oxygen atoms in total. The van der Waals surface area contributed by atoms with E-state index in [1.165, 1.54) is 0 Å². The lowest BCUT2D eigenvalue weighted by Gasteiger charge is -2.10. The molecule has 0 bridgehead atoms. The molecule has 0 radical (unpaired) electrons. The number of rotatable bonds is 5. The number of anilines is 1. The maximum Gasteiger partial charge on any atom is 0.241 e. The number of carbonyl (C=O) groups excluding carboxylic acids is 1. The first-order valence-corrected chi connectivity index (χ1v) is 9.18. The lowest BCUT2D eigenvalue weighted by atomic mass is 10.2. The van der Waals surface area contributed by atoms with Gasteiger partial charge in [-0.2, -0.15) is 0 Å². The van der Waals surface area contributed by atoms with Gasteiger partial charge in [0.15, 0.2) is 0 Å². The fraction of sp³-hybridized carbons (Fsp3) is 0.188. The molecule has 0 unspecified atom stereocenters. The number of halogens is 1. The van der Waals surface area contributed by atoms with Crippen molar-refractivity contribution < 1.29 is 13.2 Å². The number of hydrogen-bond acceptors (Lipinski definition) is 3. The minimum absolute atomic E-state index is 0.188. The highest BCUT2D eigenvalue weighted by molar-refractivity contribution is 9.10. The topological polar surface area (TPSA) is 75.3 Å². The Morgan fingerprint density at radius 1 is 1.13 bits per heavy atom. The number of sulfonamides is 1. The van der Waals surface area contributed by atoms with Crippen molar-refractivity contribution in [3.63, 3.8) is 0 Å². The summed E-state index contributed by atoms with van der Waals surface area (Å²) in [4.78, 5) is 12.1. The molecule has 0 aliphatic carbocycles. The summed E-state index contributed by atoms with van der Waals surface area (Å²) < 4.78 is 27.8. The molecule has 0 aliphatic rings. The highest BCUT2D eigenvalue weighted by Gasteiger charge is 2.18. The summed E-state index contributed by atoms with van der Waals surface area (Å²) in [5.74, 6) is -0.433. The second-order valence-corrected chi connectivity index (χ2v) is 7.80. The van der Waals surface area contributed by atoms with Gasteiger partial charge < -0.3 is 5.32 Å². The van der Waals surface area contributed by atoms with E-state index in [0.29, 0.717) is 11.3 Å². The van der Waals surface area contributed by atoms with Gasteiger partial charge in [-0.05, 0) is 49.2 Å². The molecule has 2 aromatic rings. The third-order valence-corrected chi connectivity index (χ3v) is 5.20. The van der Waals surface area contributed by atoms with Crippen LogP contribution < -0.4 is 10.0 Å². The Bertz CT molecular complexity index is 835. The van der Waals surface area contributed by atoms with E-state index in [2.05, 4.69) is 26.0 Å². The maximum atomic E-state index is 12.3. The normalized spacial score (nSPS) is 11.3. The molecule has 0 saturated heterocycles. The van der Waals surface area contributed by atoms with Crippen LogP contribution in [0.3, 0.4) is 0 Å². The Hall–Kier alpha value is -1.70. The molecule has 0 fully saturated rings. The van der Waals surface area contributed by atoms with Gasteiger partial charge in [0.1, 0.15) is 0 Å². The summed E-state index contributed by atoms with van der Waals surface area (Å²) >= 11 is 3.31. The van der Waals surface area contributed by atoms with Crippen LogP contribution in [0, 0.1) is 13.8 Å². The monoisotopic (exact) mass is 396 g/mol. The molecule has 0 aromatic heterocycles. The number of amides is 1. The molecule has 2 rings (SSSR count). The largest absolute Gasteiger partial charge is 0.325 e. The Kier molecular flexibility index (Phi) is 5.56. The summed E-state index contributed by atoms with van der Waals surface area (Å²) in [6.07, 6.45) is 0. The summed E-state index contributed by atoms with van der Waals surface area (Å²) in [6, 6.07) is 12.2. The van der Waals surface area contributed by atoms with Crippen LogP contribution in [0.25, 0.3) is 0 Å². The van der Waals surface area contributed by atoms with Crippen LogP contribution in [-0.4, -0.2) is 20.9 Å². The lowest BCUT2D eigenvalue weighted by Crippen LogP contribution is -2.33. The van der Waals surface area contributed by atoms with Crippen LogP contribution in [0.2, 0.25) is 0 Å². The van der Waals surface area contributed by atoms with Gasteiger partial charge >= 0.3 is 0 Å². The van der Waals surface area contributed by atoms with Crippen molar-refractivity contribution in [2.24, 2.45) is 0 Å². The minimum Gasteiger partial charge on any atom is -0.325 e. The lowest BCUT2D eigenvalue weighted by molar-refractivity contribution is -0.115. The van der Waals surface area contributed by atoms with Crippen LogP contribution in [0.15, 0.2) is 51.8 Å². The van der Waals surface area contributed by atoms with E-state index in [4.69, 9.17) is 0 Å². The van der Waals surface area contributed by atoms with Crippen molar-refractivity contribution in [2.75, 3.05) is 11.9 Å².